The normalized spacial score (nSPS) is 11.3. The molecular weight excluding hydrogens is 383 g/mol. The van der Waals surface area contributed by atoms with Crippen LogP contribution in [0.4, 0.5) is 0 Å². The fraction of sp³-hybridized carbons (Fsp3) is 0.182. The molecule has 0 unspecified atom stereocenters. The number of carbonyl (C=O) groups is 2. The summed E-state index contributed by atoms with van der Waals surface area (Å²) in [5.41, 5.74) is 2.96. The molecule has 2 rings (SSSR count). The van der Waals surface area contributed by atoms with E-state index < -0.39 is 0 Å². The minimum atomic E-state index is -0.0203. The van der Waals surface area contributed by atoms with E-state index in [1.165, 1.54) is 0 Å². The SMILES string of the molecule is C/C(=C/C(=O)c1ccccc1)NCCN/C(C)=C\C(=O)c1ccccc1.[Ni]. The average molecular weight is 407 g/mol. The zero-order valence-electron chi connectivity index (χ0n) is 15.5. The molecule has 0 aliphatic rings. The van der Waals surface area contributed by atoms with Crippen molar-refractivity contribution in [3.63, 3.8) is 0 Å². The van der Waals surface area contributed by atoms with Gasteiger partial charge >= 0.3 is 0 Å². The van der Waals surface area contributed by atoms with Gasteiger partial charge < -0.3 is 10.6 Å². The fourth-order valence-electron chi connectivity index (χ4n) is 2.39. The number of hydrogen-bond acceptors (Lipinski definition) is 4. The molecule has 0 bridgehead atoms. The predicted molar refractivity (Wildman–Crippen MR) is 105 cm³/mol. The van der Waals surface area contributed by atoms with Crippen molar-refractivity contribution in [1.29, 1.82) is 0 Å². The van der Waals surface area contributed by atoms with Crippen molar-refractivity contribution >= 4 is 11.6 Å². The molecule has 4 nitrogen and oxygen atoms in total. The summed E-state index contributed by atoms with van der Waals surface area (Å²) in [6.45, 7) is 5.02. The first-order chi connectivity index (χ1) is 12.6. The van der Waals surface area contributed by atoms with Crippen molar-refractivity contribution in [1.82, 2.24) is 10.6 Å². The molecule has 0 atom stereocenters. The molecule has 144 valence electrons. The van der Waals surface area contributed by atoms with Gasteiger partial charge in [0, 0.05) is 64.3 Å². The Labute approximate surface area is 170 Å². The summed E-state index contributed by atoms with van der Waals surface area (Å²) in [4.78, 5) is 24.1. The number of nitrogens with one attached hydrogen (secondary N) is 2. The van der Waals surface area contributed by atoms with Crippen LogP contribution in [0.15, 0.2) is 84.2 Å². The fourth-order valence-corrected chi connectivity index (χ4v) is 2.39. The van der Waals surface area contributed by atoms with E-state index in [1.807, 2.05) is 50.2 Å². The Morgan fingerprint density at radius 2 is 1.04 bits per heavy atom. The van der Waals surface area contributed by atoms with Crippen molar-refractivity contribution in [2.24, 2.45) is 0 Å². The van der Waals surface area contributed by atoms with E-state index in [9.17, 15) is 9.59 Å². The molecule has 5 heteroatoms. The summed E-state index contributed by atoms with van der Waals surface area (Å²) in [6, 6.07) is 18.3. The summed E-state index contributed by atoms with van der Waals surface area (Å²) < 4.78 is 0. The van der Waals surface area contributed by atoms with Gasteiger partial charge in [0.25, 0.3) is 0 Å². The molecule has 0 spiro atoms. The van der Waals surface area contributed by atoms with E-state index in [4.69, 9.17) is 0 Å². The minimum Gasteiger partial charge on any atom is -0.387 e. The molecule has 0 saturated heterocycles. The Morgan fingerprint density at radius 1 is 0.704 bits per heavy atom. The second-order valence-electron chi connectivity index (χ2n) is 5.97. The second-order valence-corrected chi connectivity index (χ2v) is 5.97. The van der Waals surface area contributed by atoms with Gasteiger partial charge in [-0.15, -0.1) is 0 Å². The largest absolute Gasteiger partial charge is 0.387 e. The Morgan fingerprint density at radius 3 is 1.37 bits per heavy atom. The van der Waals surface area contributed by atoms with Gasteiger partial charge in [-0.1, -0.05) is 60.7 Å². The van der Waals surface area contributed by atoms with Crippen LogP contribution in [0.2, 0.25) is 0 Å². The van der Waals surface area contributed by atoms with E-state index in [-0.39, 0.29) is 28.1 Å². The van der Waals surface area contributed by atoms with Crippen LogP contribution in [0.25, 0.3) is 0 Å². The van der Waals surface area contributed by atoms with Crippen molar-refractivity contribution in [2.45, 2.75) is 13.8 Å². The van der Waals surface area contributed by atoms with Crippen LogP contribution < -0.4 is 10.6 Å². The Bertz CT molecular complexity index is 730. The summed E-state index contributed by atoms with van der Waals surface area (Å²) in [5, 5.41) is 6.38. The molecule has 2 N–H and O–H groups in total. The molecule has 0 amide bonds. The molecule has 0 aromatic heterocycles. The third-order valence-electron chi connectivity index (χ3n) is 3.74. The Balaban J connectivity index is 0.00000364. The van der Waals surface area contributed by atoms with E-state index in [0.717, 1.165) is 11.4 Å². The zero-order chi connectivity index (χ0) is 18.8. The standard InChI is InChI=1S/C22H24N2O2.Ni/c1-17(15-21(25)19-9-5-3-6-10-19)23-13-14-24-18(2)16-22(26)20-11-7-4-8-12-20;/h3-12,15-16,23-24H,13-14H2,1-2H3;/b17-15-,18-16-;. The van der Waals surface area contributed by atoms with Gasteiger partial charge in [0.05, 0.1) is 0 Å². The van der Waals surface area contributed by atoms with Crippen LogP contribution in [0, 0.1) is 0 Å². The van der Waals surface area contributed by atoms with Gasteiger partial charge in [-0.3, -0.25) is 9.59 Å². The van der Waals surface area contributed by atoms with Gasteiger partial charge in [-0.25, -0.2) is 0 Å². The summed E-state index contributed by atoms with van der Waals surface area (Å²) in [6.07, 6.45) is 3.19. The van der Waals surface area contributed by atoms with E-state index in [1.54, 1.807) is 36.4 Å². The Hall–Kier alpha value is -2.65. The third-order valence-corrected chi connectivity index (χ3v) is 3.74. The zero-order valence-corrected chi connectivity index (χ0v) is 16.5. The predicted octanol–water partition coefficient (Wildman–Crippen LogP) is 3.74. The first kappa shape index (κ1) is 22.4. The number of rotatable bonds is 9. The van der Waals surface area contributed by atoms with Gasteiger partial charge in [0.2, 0.25) is 0 Å². The second kappa shape index (κ2) is 11.9. The number of hydrogen-bond donors (Lipinski definition) is 2. The average Bonchev–Trinajstić information content (AvgIpc) is 2.66. The molecule has 2 aromatic carbocycles. The molecule has 0 heterocycles. The van der Waals surface area contributed by atoms with Gasteiger partial charge in [0.1, 0.15) is 0 Å². The van der Waals surface area contributed by atoms with Crippen LogP contribution in [0.1, 0.15) is 34.6 Å². The van der Waals surface area contributed by atoms with Crippen molar-refractivity contribution in [3.8, 4) is 0 Å². The summed E-state index contributed by atoms with van der Waals surface area (Å²) in [5.74, 6) is -0.0406. The maximum Gasteiger partial charge on any atom is 0.187 e. The van der Waals surface area contributed by atoms with Gasteiger partial charge in [-0.05, 0) is 13.8 Å². The third kappa shape index (κ3) is 8.06. The maximum absolute atomic E-state index is 12.1. The van der Waals surface area contributed by atoms with Crippen molar-refractivity contribution in [3.05, 3.63) is 95.3 Å². The van der Waals surface area contributed by atoms with Crippen LogP contribution in [-0.2, 0) is 16.5 Å². The maximum atomic E-state index is 12.1. The smallest absolute Gasteiger partial charge is 0.187 e. The quantitative estimate of drug-likeness (QED) is 0.288. The monoisotopic (exact) mass is 406 g/mol. The summed E-state index contributed by atoms with van der Waals surface area (Å²) in [7, 11) is 0. The first-order valence-electron chi connectivity index (χ1n) is 8.59. The minimum absolute atomic E-state index is 0. The van der Waals surface area contributed by atoms with Crippen LogP contribution >= 0.6 is 0 Å². The first-order valence-corrected chi connectivity index (χ1v) is 8.59. The van der Waals surface area contributed by atoms with Gasteiger partial charge in [-0.2, -0.15) is 0 Å². The number of benzene rings is 2. The molecule has 0 aliphatic carbocycles. The van der Waals surface area contributed by atoms with E-state index in [0.29, 0.717) is 24.2 Å². The molecule has 0 radical (unpaired) electrons. The van der Waals surface area contributed by atoms with Crippen molar-refractivity contribution in [2.75, 3.05) is 13.1 Å². The molecule has 27 heavy (non-hydrogen) atoms. The molecule has 2 aromatic rings. The number of carbonyl (C=O) groups excluding carboxylic acids is 2. The van der Waals surface area contributed by atoms with Crippen LogP contribution in [-0.4, -0.2) is 24.7 Å². The number of allylic oxidation sites excluding steroid dienone is 4. The molecule has 0 saturated carbocycles. The van der Waals surface area contributed by atoms with E-state index >= 15 is 0 Å². The topological polar surface area (TPSA) is 58.2 Å². The van der Waals surface area contributed by atoms with Crippen LogP contribution in [0.5, 0.6) is 0 Å². The molecular formula is C22H24N2NiO2. The molecule has 0 aliphatic heterocycles. The Kier molecular flexibility index (Phi) is 9.85. The van der Waals surface area contributed by atoms with Gasteiger partial charge in [0.15, 0.2) is 11.6 Å². The molecule has 0 fully saturated rings. The number of ketones is 2. The van der Waals surface area contributed by atoms with Crippen LogP contribution in [0.3, 0.4) is 0 Å². The van der Waals surface area contributed by atoms with E-state index in [2.05, 4.69) is 10.6 Å². The summed E-state index contributed by atoms with van der Waals surface area (Å²) >= 11 is 0. The van der Waals surface area contributed by atoms with Crippen molar-refractivity contribution < 1.29 is 26.1 Å².